The Morgan fingerprint density at radius 3 is 2.71 bits per heavy atom. The highest BCUT2D eigenvalue weighted by molar-refractivity contribution is 9.10. The van der Waals surface area contributed by atoms with Crippen LogP contribution in [0.25, 0.3) is 11.3 Å². The Hall–Kier alpha value is -0.970. The summed E-state index contributed by atoms with van der Waals surface area (Å²) in [5.74, 6) is 0.983. The molecule has 0 bridgehead atoms. The van der Waals surface area contributed by atoms with Crippen molar-refractivity contribution in [3.63, 3.8) is 0 Å². The summed E-state index contributed by atoms with van der Waals surface area (Å²) in [6, 6.07) is 6.79. The average Bonchev–Trinajstić information content (AvgIpc) is 2.72. The molecule has 3 nitrogen and oxygen atoms in total. The van der Waals surface area contributed by atoms with E-state index in [0.29, 0.717) is 27.1 Å². The highest BCUT2D eigenvalue weighted by atomic mass is 79.9. The lowest BCUT2D eigenvalue weighted by Crippen LogP contribution is -1.79. The summed E-state index contributed by atoms with van der Waals surface area (Å²) in [7, 11) is 0. The van der Waals surface area contributed by atoms with Gasteiger partial charge in [-0.1, -0.05) is 28.4 Å². The number of hydrogen-bond donors (Lipinski definition) is 1. The van der Waals surface area contributed by atoms with Crippen molar-refractivity contribution in [2.24, 2.45) is 5.16 Å². The standard InChI is InChI=1S/C11H6BrCl2NO2/c12-8-4-9(13)7(3-10(8)14)11-2-1-6(17-11)5-15-16/h1-5,16H/b15-5+. The molecule has 0 aliphatic heterocycles. The molecule has 6 heteroatoms. The molecule has 1 aromatic heterocycles. The van der Waals surface area contributed by atoms with Gasteiger partial charge in [0.2, 0.25) is 0 Å². The lowest BCUT2D eigenvalue weighted by Gasteiger charge is -2.03. The van der Waals surface area contributed by atoms with Crippen LogP contribution in [0.1, 0.15) is 5.76 Å². The minimum absolute atomic E-state index is 0.428. The zero-order valence-electron chi connectivity index (χ0n) is 8.32. The summed E-state index contributed by atoms with van der Waals surface area (Å²) in [6.07, 6.45) is 1.19. The molecule has 0 fully saturated rings. The van der Waals surface area contributed by atoms with Crippen molar-refractivity contribution in [2.75, 3.05) is 0 Å². The van der Waals surface area contributed by atoms with Gasteiger partial charge in [0.15, 0.2) is 0 Å². The molecule has 1 aromatic carbocycles. The first-order valence-electron chi connectivity index (χ1n) is 4.54. The first-order chi connectivity index (χ1) is 8.11. The monoisotopic (exact) mass is 333 g/mol. The van der Waals surface area contributed by atoms with Gasteiger partial charge in [-0.05, 0) is 40.2 Å². The zero-order chi connectivity index (χ0) is 12.4. The van der Waals surface area contributed by atoms with Crippen LogP contribution in [0.5, 0.6) is 0 Å². The van der Waals surface area contributed by atoms with Gasteiger partial charge in [-0.2, -0.15) is 0 Å². The Labute approximate surface area is 116 Å². The van der Waals surface area contributed by atoms with Gasteiger partial charge < -0.3 is 9.62 Å². The molecule has 2 aromatic rings. The van der Waals surface area contributed by atoms with Crippen molar-refractivity contribution in [3.05, 3.63) is 44.5 Å². The topological polar surface area (TPSA) is 45.7 Å². The van der Waals surface area contributed by atoms with Gasteiger partial charge in [-0.15, -0.1) is 0 Å². The largest absolute Gasteiger partial charge is 0.455 e. The predicted octanol–water partition coefficient (Wildman–Crippen LogP) is 4.82. The summed E-state index contributed by atoms with van der Waals surface area (Å²) >= 11 is 15.4. The van der Waals surface area contributed by atoms with Gasteiger partial charge in [0.05, 0.1) is 10.0 Å². The lowest BCUT2D eigenvalue weighted by molar-refractivity contribution is 0.321. The SMILES string of the molecule is O/N=C/c1ccc(-c2cc(Cl)c(Br)cc2Cl)o1. The van der Waals surface area contributed by atoms with E-state index in [4.69, 9.17) is 32.8 Å². The van der Waals surface area contributed by atoms with Crippen molar-refractivity contribution in [1.82, 2.24) is 0 Å². The number of benzene rings is 1. The molecular formula is C11H6BrCl2NO2. The van der Waals surface area contributed by atoms with E-state index in [1.54, 1.807) is 24.3 Å². The van der Waals surface area contributed by atoms with Gasteiger partial charge in [0.1, 0.15) is 17.7 Å². The molecule has 0 unspecified atom stereocenters. The number of oxime groups is 1. The van der Waals surface area contributed by atoms with Crippen LogP contribution in [0, 0.1) is 0 Å². The molecule has 0 saturated carbocycles. The summed E-state index contributed by atoms with van der Waals surface area (Å²) in [5, 5.41) is 12.3. The fraction of sp³-hybridized carbons (Fsp3) is 0. The molecule has 88 valence electrons. The Balaban J connectivity index is 2.48. The maximum Gasteiger partial charge on any atom is 0.149 e. The molecule has 0 saturated heterocycles. The van der Waals surface area contributed by atoms with E-state index in [-0.39, 0.29) is 0 Å². The van der Waals surface area contributed by atoms with E-state index in [2.05, 4.69) is 21.1 Å². The Morgan fingerprint density at radius 1 is 1.24 bits per heavy atom. The Morgan fingerprint density at radius 2 is 2.00 bits per heavy atom. The molecule has 0 amide bonds. The van der Waals surface area contributed by atoms with Crippen LogP contribution in [0.2, 0.25) is 10.0 Å². The normalized spacial score (nSPS) is 11.2. The van der Waals surface area contributed by atoms with Crippen molar-refractivity contribution in [1.29, 1.82) is 0 Å². The van der Waals surface area contributed by atoms with Gasteiger partial charge >= 0.3 is 0 Å². The molecule has 0 aliphatic carbocycles. The number of rotatable bonds is 2. The first-order valence-corrected chi connectivity index (χ1v) is 6.09. The van der Waals surface area contributed by atoms with Gasteiger partial charge in [-0.3, -0.25) is 0 Å². The Kier molecular flexibility index (Phi) is 3.76. The van der Waals surface area contributed by atoms with Crippen LogP contribution in [-0.2, 0) is 0 Å². The van der Waals surface area contributed by atoms with Crippen LogP contribution in [0.3, 0.4) is 0 Å². The smallest absolute Gasteiger partial charge is 0.149 e. The summed E-state index contributed by atoms with van der Waals surface area (Å²) in [5.41, 5.74) is 0.678. The van der Waals surface area contributed by atoms with Crippen LogP contribution in [-0.4, -0.2) is 11.4 Å². The summed E-state index contributed by atoms with van der Waals surface area (Å²) in [4.78, 5) is 0. The highest BCUT2D eigenvalue weighted by Gasteiger charge is 2.11. The summed E-state index contributed by atoms with van der Waals surface area (Å²) < 4.78 is 6.14. The predicted molar refractivity (Wildman–Crippen MR) is 71.2 cm³/mol. The molecule has 17 heavy (non-hydrogen) atoms. The van der Waals surface area contributed by atoms with Gasteiger partial charge in [-0.25, -0.2) is 0 Å². The van der Waals surface area contributed by atoms with E-state index in [1.165, 1.54) is 6.21 Å². The number of halogens is 3. The van der Waals surface area contributed by atoms with Crippen molar-refractivity contribution in [3.8, 4) is 11.3 Å². The maximum absolute atomic E-state index is 8.39. The second kappa shape index (κ2) is 5.12. The molecule has 0 spiro atoms. The second-order valence-electron chi connectivity index (χ2n) is 3.19. The van der Waals surface area contributed by atoms with Crippen LogP contribution in [0.4, 0.5) is 0 Å². The quantitative estimate of drug-likeness (QED) is 0.370. The van der Waals surface area contributed by atoms with Crippen LogP contribution in [0.15, 0.2) is 38.3 Å². The fourth-order valence-electron chi connectivity index (χ4n) is 1.34. The molecule has 0 aliphatic rings. The minimum Gasteiger partial charge on any atom is -0.455 e. The lowest BCUT2D eigenvalue weighted by atomic mass is 10.2. The molecule has 1 N–H and O–H groups in total. The van der Waals surface area contributed by atoms with E-state index in [0.717, 1.165) is 4.47 Å². The van der Waals surface area contributed by atoms with Crippen LogP contribution >= 0.6 is 39.1 Å². The Bertz CT molecular complexity index is 581. The van der Waals surface area contributed by atoms with Gasteiger partial charge in [0.25, 0.3) is 0 Å². The molecule has 0 atom stereocenters. The number of nitrogens with zero attached hydrogens (tertiary/aromatic N) is 1. The highest BCUT2D eigenvalue weighted by Crippen LogP contribution is 2.35. The molecule has 2 rings (SSSR count). The number of furan rings is 1. The third-order valence-electron chi connectivity index (χ3n) is 2.09. The third kappa shape index (κ3) is 2.65. The fourth-order valence-corrected chi connectivity index (χ4v) is 2.23. The van der Waals surface area contributed by atoms with Crippen molar-refractivity contribution in [2.45, 2.75) is 0 Å². The van der Waals surface area contributed by atoms with E-state index >= 15 is 0 Å². The minimum atomic E-state index is 0.428. The average molecular weight is 335 g/mol. The first kappa shape index (κ1) is 12.5. The molecule has 1 heterocycles. The van der Waals surface area contributed by atoms with E-state index < -0.39 is 0 Å². The van der Waals surface area contributed by atoms with E-state index in [1.807, 2.05) is 0 Å². The molecule has 0 radical (unpaired) electrons. The van der Waals surface area contributed by atoms with Crippen LogP contribution < -0.4 is 0 Å². The van der Waals surface area contributed by atoms with Gasteiger partial charge in [0, 0.05) is 10.0 Å². The number of hydrogen-bond acceptors (Lipinski definition) is 3. The zero-order valence-corrected chi connectivity index (χ0v) is 11.4. The summed E-state index contributed by atoms with van der Waals surface area (Å²) in [6.45, 7) is 0. The second-order valence-corrected chi connectivity index (χ2v) is 4.86. The third-order valence-corrected chi connectivity index (χ3v) is 3.60. The molecular weight excluding hydrogens is 329 g/mol. The van der Waals surface area contributed by atoms with Crippen molar-refractivity contribution < 1.29 is 9.62 Å². The van der Waals surface area contributed by atoms with Crippen molar-refractivity contribution >= 4 is 45.3 Å². The maximum atomic E-state index is 8.39. The van der Waals surface area contributed by atoms with E-state index in [9.17, 15) is 0 Å².